The minimum absolute atomic E-state index is 0.0334. The Labute approximate surface area is 207 Å². The minimum Gasteiger partial charge on any atom is -0.481 e. The molecule has 0 radical (unpaired) electrons. The lowest BCUT2D eigenvalue weighted by atomic mass is 10.1. The molecule has 0 unspecified atom stereocenters. The summed E-state index contributed by atoms with van der Waals surface area (Å²) in [6, 6.07) is 9.92. The Bertz CT molecular complexity index is 1190. The summed E-state index contributed by atoms with van der Waals surface area (Å²) in [4.78, 5) is 51.7. The van der Waals surface area contributed by atoms with E-state index in [-0.39, 0.29) is 47.0 Å². The third-order valence-electron chi connectivity index (χ3n) is 6.15. The number of benzene rings is 2. The molecule has 0 saturated carbocycles. The number of Topliss-reactive ketones (excluding diaryl/α,β-unsaturated/α-hetero) is 2. The van der Waals surface area contributed by atoms with Gasteiger partial charge >= 0.3 is 11.9 Å². The summed E-state index contributed by atoms with van der Waals surface area (Å²) in [5.41, 5.74) is 1.97. The molecule has 10 heteroatoms. The SMILES string of the molecule is CCN(CCC(=O)O)c1ccc2c(c1)O/C(=C1/Oc3cc(N(CC)CCC(=O)O)ccc3C1=O)C2=O. The zero-order chi connectivity index (χ0) is 26.0. The highest BCUT2D eigenvalue weighted by Gasteiger charge is 2.39. The van der Waals surface area contributed by atoms with E-state index in [0.29, 0.717) is 37.6 Å². The molecular weight excluding hydrogens is 468 g/mol. The smallest absolute Gasteiger partial charge is 0.305 e. The zero-order valence-corrected chi connectivity index (χ0v) is 19.9. The van der Waals surface area contributed by atoms with E-state index < -0.39 is 23.5 Å². The van der Waals surface area contributed by atoms with E-state index in [1.165, 1.54) is 0 Å². The Morgan fingerprint density at radius 1 is 0.722 bits per heavy atom. The fourth-order valence-electron chi connectivity index (χ4n) is 4.22. The number of carboxylic acid groups (broad SMARTS) is 2. The first-order valence-corrected chi connectivity index (χ1v) is 11.6. The first-order valence-electron chi connectivity index (χ1n) is 11.6. The third-order valence-corrected chi connectivity index (χ3v) is 6.15. The van der Waals surface area contributed by atoms with Gasteiger partial charge in [0.2, 0.25) is 23.1 Å². The lowest BCUT2D eigenvalue weighted by molar-refractivity contribution is -0.137. The van der Waals surface area contributed by atoms with Gasteiger partial charge in [0.1, 0.15) is 11.5 Å². The van der Waals surface area contributed by atoms with E-state index in [2.05, 4.69) is 0 Å². The maximum Gasteiger partial charge on any atom is 0.305 e. The summed E-state index contributed by atoms with van der Waals surface area (Å²) in [5.74, 6) is -2.61. The number of nitrogens with zero attached hydrogens (tertiary/aromatic N) is 2. The van der Waals surface area contributed by atoms with Crippen molar-refractivity contribution < 1.29 is 38.9 Å². The summed E-state index contributed by atoms with van der Waals surface area (Å²) >= 11 is 0. The highest BCUT2D eigenvalue weighted by molar-refractivity contribution is 6.21. The van der Waals surface area contributed by atoms with Crippen LogP contribution in [0.25, 0.3) is 0 Å². The van der Waals surface area contributed by atoms with Gasteiger partial charge in [0.25, 0.3) is 0 Å². The van der Waals surface area contributed by atoms with Crippen LogP contribution in [0.3, 0.4) is 0 Å². The maximum absolute atomic E-state index is 13.0. The number of rotatable bonds is 10. The van der Waals surface area contributed by atoms with Crippen molar-refractivity contribution in [2.45, 2.75) is 26.7 Å². The van der Waals surface area contributed by atoms with Crippen molar-refractivity contribution in [3.8, 4) is 11.5 Å². The summed E-state index contributed by atoms with van der Waals surface area (Å²) < 4.78 is 11.6. The van der Waals surface area contributed by atoms with Crippen LogP contribution in [0.4, 0.5) is 11.4 Å². The molecule has 0 fully saturated rings. The highest BCUT2D eigenvalue weighted by Crippen LogP contribution is 2.40. The Balaban J connectivity index is 1.59. The van der Waals surface area contributed by atoms with E-state index in [0.717, 1.165) is 0 Å². The average Bonchev–Trinajstić information content (AvgIpc) is 3.35. The molecule has 0 bridgehead atoms. The Morgan fingerprint density at radius 3 is 1.44 bits per heavy atom. The maximum atomic E-state index is 13.0. The summed E-state index contributed by atoms with van der Waals surface area (Å²) in [6.45, 7) is 5.52. The number of carbonyl (C=O) groups is 4. The molecule has 2 heterocycles. The second-order valence-corrected chi connectivity index (χ2v) is 8.33. The minimum atomic E-state index is -0.906. The van der Waals surface area contributed by atoms with Crippen LogP contribution in [-0.2, 0) is 9.59 Å². The van der Waals surface area contributed by atoms with Gasteiger partial charge in [-0.25, -0.2) is 0 Å². The molecule has 4 rings (SSSR count). The predicted octanol–water partition coefficient (Wildman–Crippen LogP) is 3.35. The van der Waals surface area contributed by atoms with Crippen LogP contribution < -0.4 is 19.3 Å². The van der Waals surface area contributed by atoms with Gasteiger partial charge in [-0.1, -0.05) is 0 Å². The monoisotopic (exact) mass is 494 g/mol. The van der Waals surface area contributed by atoms with E-state index in [4.69, 9.17) is 19.7 Å². The summed E-state index contributed by atoms with van der Waals surface area (Å²) in [7, 11) is 0. The molecule has 2 N–H and O–H groups in total. The van der Waals surface area contributed by atoms with Gasteiger partial charge in [-0.2, -0.15) is 0 Å². The van der Waals surface area contributed by atoms with E-state index in [1.54, 1.807) is 36.4 Å². The molecule has 0 aromatic heterocycles. The summed E-state index contributed by atoms with van der Waals surface area (Å²) in [6.07, 6.45) is -0.0667. The molecule has 36 heavy (non-hydrogen) atoms. The first kappa shape index (κ1) is 24.8. The molecule has 2 aliphatic heterocycles. The Kier molecular flexibility index (Phi) is 6.96. The molecule has 0 atom stereocenters. The number of carboxylic acids is 2. The molecule has 0 aliphatic carbocycles. The number of hydrogen-bond donors (Lipinski definition) is 2. The van der Waals surface area contributed by atoms with E-state index in [9.17, 15) is 19.2 Å². The molecule has 2 aromatic rings. The molecule has 0 saturated heterocycles. The quantitative estimate of drug-likeness (QED) is 0.474. The lowest BCUT2D eigenvalue weighted by Crippen LogP contribution is -2.25. The van der Waals surface area contributed by atoms with Crippen molar-refractivity contribution >= 4 is 34.9 Å². The lowest BCUT2D eigenvalue weighted by Gasteiger charge is -2.22. The van der Waals surface area contributed by atoms with Gasteiger partial charge in [0.15, 0.2) is 0 Å². The van der Waals surface area contributed by atoms with Crippen LogP contribution >= 0.6 is 0 Å². The topological polar surface area (TPSA) is 134 Å². The third kappa shape index (κ3) is 4.74. The molecular formula is C26H26N2O8. The van der Waals surface area contributed by atoms with Crippen LogP contribution in [0.1, 0.15) is 47.4 Å². The van der Waals surface area contributed by atoms with Crippen LogP contribution in [0.15, 0.2) is 47.9 Å². The van der Waals surface area contributed by atoms with Gasteiger partial charge in [-0.3, -0.25) is 19.2 Å². The van der Waals surface area contributed by atoms with Gasteiger partial charge in [0.05, 0.1) is 24.0 Å². The molecule has 0 amide bonds. The second kappa shape index (κ2) is 10.1. The van der Waals surface area contributed by atoms with Crippen molar-refractivity contribution in [2.75, 3.05) is 36.0 Å². The number of ketones is 2. The number of allylic oxidation sites excluding steroid dienone is 2. The Morgan fingerprint density at radius 2 is 1.11 bits per heavy atom. The second-order valence-electron chi connectivity index (χ2n) is 8.33. The van der Waals surface area contributed by atoms with Crippen molar-refractivity contribution in [3.63, 3.8) is 0 Å². The highest BCUT2D eigenvalue weighted by atomic mass is 16.5. The van der Waals surface area contributed by atoms with Crippen molar-refractivity contribution in [2.24, 2.45) is 0 Å². The van der Waals surface area contributed by atoms with Crippen molar-refractivity contribution in [1.82, 2.24) is 0 Å². The molecule has 10 nitrogen and oxygen atoms in total. The Hall–Kier alpha value is -4.34. The number of carbonyl (C=O) groups excluding carboxylic acids is 2. The normalized spacial score (nSPS) is 15.7. The number of fused-ring (bicyclic) bond motifs is 2. The van der Waals surface area contributed by atoms with E-state index in [1.807, 2.05) is 23.6 Å². The zero-order valence-electron chi connectivity index (χ0n) is 19.9. The van der Waals surface area contributed by atoms with Crippen LogP contribution in [0.5, 0.6) is 11.5 Å². The standard InChI is InChI=1S/C26H26N2O8/c1-3-27(11-9-21(29)30)15-5-7-17-19(13-15)35-25(23(17)33)26-24(34)18-8-6-16(14-20(18)36-26)28(4-2)12-10-22(31)32/h5-8,13-14H,3-4,9-12H2,1-2H3,(H,29,30)(H,31,32)/b26-25+. The summed E-state index contributed by atoms with van der Waals surface area (Å²) in [5, 5.41) is 18.0. The molecule has 2 aromatic carbocycles. The number of ether oxygens (including phenoxy) is 2. The van der Waals surface area contributed by atoms with Gasteiger partial charge in [-0.05, 0) is 38.1 Å². The van der Waals surface area contributed by atoms with E-state index >= 15 is 0 Å². The first-order chi connectivity index (χ1) is 17.2. The molecule has 188 valence electrons. The predicted molar refractivity (Wildman–Crippen MR) is 130 cm³/mol. The number of anilines is 2. The molecule has 2 aliphatic rings. The number of aliphatic carboxylic acids is 2. The largest absolute Gasteiger partial charge is 0.481 e. The van der Waals surface area contributed by atoms with Crippen LogP contribution in [0, 0.1) is 0 Å². The number of hydrogen-bond acceptors (Lipinski definition) is 8. The van der Waals surface area contributed by atoms with Crippen LogP contribution in [0.2, 0.25) is 0 Å². The molecule has 0 spiro atoms. The fourth-order valence-corrected chi connectivity index (χ4v) is 4.22. The van der Waals surface area contributed by atoms with Crippen molar-refractivity contribution in [1.29, 1.82) is 0 Å². The van der Waals surface area contributed by atoms with Gasteiger partial charge in [-0.15, -0.1) is 0 Å². The van der Waals surface area contributed by atoms with Crippen molar-refractivity contribution in [3.05, 3.63) is 59.0 Å². The fraction of sp³-hybridized carbons (Fsp3) is 0.308. The van der Waals surface area contributed by atoms with Gasteiger partial charge < -0.3 is 29.5 Å². The van der Waals surface area contributed by atoms with Gasteiger partial charge in [0, 0.05) is 49.7 Å². The van der Waals surface area contributed by atoms with Crippen LogP contribution in [-0.4, -0.2) is 59.9 Å². The average molecular weight is 495 g/mol.